The Morgan fingerprint density at radius 1 is 1.29 bits per heavy atom. The molecule has 1 amide bonds. The van der Waals surface area contributed by atoms with E-state index in [4.69, 9.17) is 0 Å². The molecule has 0 spiro atoms. The summed E-state index contributed by atoms with van der Waals surface area (Å²) in [5, 5.41) is 23.2. The lowest BCUT2D eigenvalue weighted by Gasteiger charge is -2.14. The predicted molar refractivity (Wildman–Crippen MR) is 76.8 cm³/mol. The van der Waals surface area contributed by atoms with Gasteiger partial charge >= 0.3 is 6.18 Å². The summed E-state index contributed by atoms with van der Waals surface area (Å²) in [5.41, 5.74) is -1.56. The maximum atomic E-state index is 13.1. The summed E-state index contributed by atoms with van der Waals surface area (Å²) in [7, 11) is 0. The number of aromatic nitrogens is 2. The van der Waals surface area contributed by atoms with Crippen LogP contribution in [0.25, 0.3) is 5.69 Å². The van der Waals surface area contributed by atoms with Crippen LogP contribution in [0.1, 0.15) is 22.5 Å². The third-order valence-electron chi connectivity index (χ3n) is 3.80. The summed E-state index contributed by atoms with van der Waals surface area (Å²) in [6.45, 7) is 0.399. The van der Waals surface area contributed by atoms with Crippen LogP contribution in [0.3, 0.4) is 0 Å². The van der Waals surface area contributed by atoms with E-state index in [0.717, 1.165) is 16.9 Å². The van der Waals surface area contributed by atoms with Crippen LogP contribution in [0.4, 0.5) is 13.2 Å². The highest BCUT2D eigenvalue weighted by molar-refractivity contribution is 5.95. The van der Waals surface area contributed by atoms with Gasteiger partial charge in [-0.3, -0.25) is 4.79 Å². The molecule has 128 valence electrons. The molecule has 6 nitrogen and oxygen atoms in total. The maximum absolute atomic E-state index is 13.1. The largest absolute Gasteiger partial charge is 0.504 e. The number of carbonyl (C=O) groups excluding carboxylic acids is 1. The normalized spacial score (nSPS) is 18.2. The first-order chi connectivity index (χ1) is 11.3. The summed E-state index contributed by atoms with van der Waals surface area (Å²) in [4.78, 5) is 13.6. The number of benzene rings is 1. The Morgan fingerprint density at radius 3 is 2.62 bits per heavy atom. The molecule has 1 aliphatic rings. The summed E-state index contributed by atoms with van der Waals surface area (Å²) in [6.07, 6.45) is -3.88. The standard InChI is InChI=1S/C15H14F3N3O3/c16-15(17,18)10-3-1-2-4-11(10)21-8-12(23)13(19-21)14(24)20-6-5-9(22)7-20/h1-4,8-9,22-23H,5-7H2/t9-/m0/s1. The number of likely N-dealkylation sites (tertiary alicyclic amines) is 1. The van der Waals surface area contributed by atoms with E-state index >= 15 is 0 Å². The molecule has 1 aromatic carbocycles. The van der Waals surface area contributed by atoms with E-state index in [-0.39, 0.29) is 17.9 Å². The fraction of sp³-hybridized carbons (Fsp3) is 0.333. The molecule has 1 atom stereocenters. The number of para-hydroxylation sites is 1. The van der Waals surface area contributed by atoms with Gasteiger partial charge in [-0.25, -0.2) is 4.68 Å². The Morgan fingerprint density at radius 2 is 2.00 bits per heavy atom. The van der Waals surface area contributed by atoms with Gasteiger partial charge in [0.15, 0.2) is 11.4 Å². The first-order valence-electron chi connectivity index (χ1n) is 7.20. The van der Waals surface area contributed by atoms with Crippen LogP contribution < -0.4 is 0 Å². The van der Waals surface area contributed by atoms with E-state index in [1.165, 1.54) is 23.1 Å². The third-order valence-corrected chi connectivity index (χ3v) is 3.80. The van der Waals surface area contributed by atoms with Crippen molar-refractivity contribution < 1.29 is 28.2 Å². The summed E-state index contributed by atoms with van der Waals surface area (Å²) in [5.74, 6) is -1.15. The number of halogens is 3. The second-order valence-electron chi connectivity index (χ2n) is 5.52. The Kier molecular flexibility index (Phi) is 3.96. The van der Waals surface area contributed by atoms with E-state index in [1.54, 1.807) is 0 Å². The van der Waals surface area contributed by atoms with E-state index in [1.807, 2.05) is 0 Å². The molecule has 1 aromatic heterocycles. The smallest absolute Gasteiger partial charge is 0.418 e. The highest BCUT2D eigenvalue weighted by atomic mass is 19.4. The highest BCUT2D eigenvalue weighted by Gasteiger charge is 2.35. The first-order valence-corrected chi connectivity index (χ1v) is 7.20. The second kappa shape index (κ2) is 5.82. The zero-order valence-electron chi connectivity index (χ0n) is 12.4. The molecule has 0 aliphatic carbocycles. The molecular formula is C15H14F3N3O3. The molecule has 0 bridgehead atoms. The van der Waals surface area contributed by atoms with Crippen LogP contribution in [0.5, 0.6) is 5.75 Å². The van der Waals surface area contributed by atoms with Gasteiger partial charge in [-0.15, -0.1) is 0 Å². The minimum absolute atomic E-state index is 0.101. The number of carbonyl (C=O) groups is 1. The van der Waals surface area contributed by atoms with Crippen molar-refractivity contribution in [2.45, 2.75) is 18.7 Å². The van der Waals surface area contributed by atoms with Crippen molar-refractivity contribution in [3.05, 3.63) is 41.7 Å². The minimum Gasteiger partial charge on any atom is -0.504 e. The molecule has 2 heterocycles. The van der Waals surface area contributed by atoms with Crippen molar-refractivity contribution in [2.24, 2.45) is 0 Å². The molecule has 0 saturated carbocycles. The lowest BCUT2D eigenvalue weighted by molar-refractivity contribution is -0.137. The van der Waals surface area contributed by atoms with Gasteiger partial charge in [0.05, 0.1) is 23.6 Å². The molecule has 3 rings (SSSR count). The monoisotopic (exact) mass is 341 g/mol. The van der Waals surface area contributed by atoms with Crippen molar-refractivity contribution in [3.63, 3.8) is 0 Å². The van der Waals surface area contributed by atoms with Crippen molar-refractivity contribution >= 4 is 5.91 Å². The van der Waals surface area contributed by atoms with Crippen molar-refractivity contribution in [1.29, 1.82) is 0 Å². The molecule has 0 radical (unpaired) electrons. The van der Waals surface area contributed by atoms with Gasteiger partial charge in [0.2, 0.25) is 0 Å². The summed E-state index contributed by atoms with van der Waals surface area (Å²) < 4.78 is 40.1. The van der Waals surface area contributed by atoms with Gasteiger partial charge in [0.25, 0.3) is 5.91 Å². The molecule has 1 fully saturated rings. The topological polar surface area (TPSA) is 78.6 Å². The van der Waals surface area contributed by atoms with E-state index < -0.39 is 29.5 Å². The molecule has 1 aliphatic heterocycles. The third kappa shape index (κ3) is 2.94. The Balaban J connectivity index is 1.97. The highest BCUT2D eigenvalue weighted by Crippen LogP contribution is 2.34. The molecule has 2 N–H and O–H groups in total. The van der Waals surface area contributed by atoms with E-state index in [9.17, 15) is 28.2 Å². The number of amides is 1. The maximum Gasteiger partial charge on any atom is 0.418 e. The molecular weight excluding hydrogens is 327 g/mol. The molecule has 9 heteroatoms. The molecule has 0 unspecified atom stereocenters. The van der Waals surface area contributed by atoms with Crippen molar-refractivity contribution in [1.82, 2.24) is 14.7 Å². The van der Waals surface area contributed by atoms with E-state index in [2.05, 4.69) is 5.10 Å². The predicted octanol–water partition coefficient (Wildman–Crippen LogP) is 1.80. The lowest BCUT2D eigenvalue weighted by atomic mass is 10.2. The van der Waals surface area contributed by atoms with Crippen LogP contribution in [-0.2, 0) is 6.18 Å². The lowest BCUT2D eigenvalue weighted by Crippen LogP contribution is -2.30. The summed E-state index contributed by atoms with van der Waals surface area (Å²) >= 11 is 0. The average Bonchev–Trinajstić information content (AvgIpc) is 3.12. The Labute approximate surface area is 134 Å². The number of hydrogen-bond acceptors (Lipinski definition) is 4. The zero-order valence-corrected chi connectivity index (χ0v) is 12.4. The van der Waals surface area contributed by atoms with Crippen molar-refractivity contribution in [3.8, 4) is 11.4 Å². The Bertz CT molecular complexity index is 773. The van der Waals surface area contributed by atoms with Crippen LogP contribution in [0, 0.1) is 0 Å². The first kappa shape index (κ1) is 16.3. The number of β-amino-alcohol motifs (C(OH)–C–C–N with tert-alkyl or cyclic N) is 1. The van der Waals surface area contributed by atoms with Crippen molar-refractivity contribution in [2.75, 3.05) is 13.1 Å². The SMILES string of the molecule is O=C(c1nn(-c2ccccc2C(F)(F)F)cc1O)N1CC[C@H](O)C1. The molecule has 24 heavy (non-hydrogen) atoms. The van der Waals surface area contributed by atoms with Crippen LogP contribution in [0.15, 0.2) is 30.5 Å². The fourth-order valence-corrected chi connectivity index (χ4v) is 2.63. The molecule has 2 aromatic rings. The Hall–Kier alpha value is -2.55. The van der Waals surface area contributed by atoms with Gasteiger partial charge in [-0.2, -0.15) is 18.3 Å². The van der Waals surface area contributed by atoms with Gasteiger partial charge in [0.1, 0.15) is 0 Å². The zero-order chi connectivity index (χ0) is 17.5. The number of aliphatic hydroxyl groups is 1. The number of rotatable bonds is 2. The number of aliphatic hydroxyl groups excluding tert-OH is 1. The number of aromatic hydroxyl groups is 1. The summed E-state index contributed by atoms with van der Waals surface area (Å²) in [6, 6.07) is 4.74. The van der Waals surface area contributed by atoms with Gasteiger partial charge in [-0.05, 0) is 18.6 Å². The van der Waals surface area contributed by atoms with Gasteiger partial charge in [-0.1, -0.05) is 12.1 Å². The number of nitrogens with zero attached hydrogens (tertiary/aromatic N) is 3. The van der Waals surface area contributed by atoms with E-state index in [0.29, 0.717) is 13.0 Å². The second-order valence-corrected chi connectivity index (χ2v) is 5.52. The van der Waals surface area contributed by atoms with Gasteiger partial charge < -0.3 is 15.1 Å². The molecule has 1 saturated heterocycles. The number of alkyl halides is 3. The minimum atomic E-state index is -4.60. The van der Waals surface area contributed by atoms with Gasteiger partial charge in [0, 0.05) is 13.1 Å². The van der Waals surface area contributed by atoms with Crippen LogP contribution in [0.2, 0.25) is 0 Å². The van der Waals surface area contributed by atoms with Crippen LogP contribution >= 0.6 is 0 Å². The number of hydrogen-bond donors (Lipinski definition) is 2. The quantitative estimate of drug-likeness (QED) is 0.873. The average molecular weight is 341 g/mol. The fourth-order valence-electron chi connectivity index (χ4n) is 2.63. The van der Waals surface area contributed by atoms with Crippen LogP contribution in [-0.4, -0.2) is 50.0 Å².